The summed E-state index contributed by atoms with van der Waals surface area (Å²) in [5.74, 6) is -1.13. The number of rotatable bonds is 2. The van der Waals surface area contributed by atoms with Crippen LogP contribution in [0.25, 0.3) is 0 Å². The van der Waals surface area contributed by atoms with Crippen molar-refractivity contribution in [1.82, 2.24) is 10.2 Å². The summed E-state index contributed by atoms with van der Waals surface area (Å²) < 4.78 is 4.78. The first-order valence-electron chi connectivity index (χ1n) is 3.18. The first kappa shape index (κ1) is 7.71. The third kappa shape index (κ3) is 1.54. The van der Waals surface area contributed by atoms with Crippen molar-refractivity contribution in [1.29, 1.82) is 0 Å². The lowest BCUT2D eigenvalue weighted by molar-refractivity contribution is 0.0651. The molecule has 0 aliphatic carbocycles. The molecule has 5 nitrogen and oxygen atoms in total. The maximum Gasteiger partial charge on any atom is 0.393 e. The van der Waals surface area contributed by atoms with Crippen LogP contribution < -0.4 is 0 Å². The lowest BCUT2D eigenvalue weighted by Crippen LogP contribution is -1.95. The van der Waals surface area contributed by atoms with Gasteiger partial charge < -0.3 is 9.52 Å². The molecule has 0 unspecified atom stereocenters. The zero-order valence-electron chi connectivity index (χ0n) is 6.24. The van der Waals surface area contributed by atoms with E-state index in [4.69, 9.17) is 9.52 Å². The molecular formula is C6H8N2O3. The van der Waals surface area contributed by atoms with E-state index >= 15 is 0 Å². The molecule has 11 heavy (non-hydrogen) atoms. The molecule has 0 amide bonds. The fourth-order valence-electron chi connectivity index (χ4n) is 0.554. The van der Waals surface area contributed by atoms with E-state index < -0.39 is 5.97 Å². The van der Waals surface area contributed by atoms with Gasteiger partial charge in [0.15, 0.2) is 0 Å². The van der Waals surface area contributed by atoms with Gasteiger partial charge in [0.05, 0.1) is 0 Å². The molecule has 5 heteroatoms. The zero-order valence-corrected chi connectivity index (χ0v) is 6.24. The highest BCUT2D eigenvalue weighted by atomic mass is 16.4. The third-order valence-corrected chi connectivity index (χ3v) is 1.12. The van der Waals surface area contributed by atoms with Gasteiger partial charge in [0.1, 0.15) is 0 Å². The minimum atomic E-state index is -1.19. The topological polar surface area (TPSA) is 76.2 Å². The number of carboxylic acid groups (broad SMARTS) is 1. The van der Waals surface area contributed by atoms with E-state index in [2.05, 4.69) is 10.2 Å². The van der Waals surface area contributed by atoms with E-state index in [0.29, 0.717) is 5.89 Å². The molecule has 1 rings (SSSR count). The molecule has 0 spiro atoms. The summed E-state index contributed by atoms with van der Waals surface area (Å²) >= 11 is 0. The number of aromatic carboxylic acids is 1. The van der Waals surface area contributed by atoms with Crippen LogP contribution in [-0.4, -0.2) is 21.3 Å². The minimum Gasteiger partial charge on any atom is -0.474 e. The summed E-state index contributed by atoms with van der Waals surface area (Å²) in [4.78, 5) is 10.2. The fraction of sp³-hybridized carbons (Fsp3) is 0.500. The predicted octanol–water partition coefficient (Wildman–Crippen LogP) is 0.891. The number of carbonyl (C=O) groups is 1. The SMILES string of the molecule is CC(C)c1nnc(C(=O)O)o1. The molecule has 0 aromatic carbocycles. The normalized spacial score (nSPS) is 10.5. The molecule has 0 aliphatic rings. The Morgan fingerprint density at radius 3 is 2.45 bits per heavy atom. The molecular weight excluding hydrogens is 148 g/mol. The highest BCUT2D eigenvalue weighted by molar-refractivity contribution is 5.81. The fourth-order valence-corrected chi connectivity index (χ4v) is 0.554. The van der Waals surface area contributed by atoms with Crippen molar-refractivity contribution in [2.24, 2.45) is 0 Å². The van der Waals surface area contributed by atoms with Crippen molar-refractivity contribution >= 4 is 5.97 Å². The average molecular weight is 156 g/mol. The van der Waals surface area contributed by atoms with Gasteiger partial charge in [-0.15, -0.1) is 10.2 Å². The van der Waals surface area contributed by atoms with Gasteiger partial charge >= 0.3 is 11.9 Å². The van der Waals surface area contributed by atoms with Crippen LogP contribution in [0.3, 0.4) is 0 Å². The zero-order chi connectivity index (χ0) is 8.43. The average Bonchev–Trinajstić information content (AvgIpc) is 2.33. The van der Waals surface area contributed by atoms with Gasteiger partial charge in [-0.25, -0.2) is 4.79 Å². The number of hydrogen-bond acceptors (Lipinski definition) is 4. The van der Waals surface area contributed by atoms with Crippen LogP contribution in [0.4, 0.5) is 0 Å². The Labute approximate surface area is 63.0 Å². The van der Waals surface area contributed by atoms with Gasteiger partial charge in [0, 0.05) is 5.92 Å². The second-order valence-corrected chi connectivity index (χ2v) is 2.41. The molecule has 0 saturated heterocycles. The minimum absolute atomic E-state index is 0.0654. The molecule has 0 radical (unpaired) electrons. The number of aromatic nitrogens is 2. The van der Waals surface area contributed by atoms with Crippen LogP contribution in [0.15, 0.2) is 4.42 Å². The van der Waals surface area contributed by atoms with E-state index in [1.54, 1.807) is 0 Å². The molecule has 0 bridgehead atoms. The Bertz CT molecular complexity index is 267. The van der Waals surface area contributed by atoms with Crippen LogP contribution in [0, 0.1) is 0 Å². The van der Waals surface area contributed by atoms with E-state index in [0.717, 1.165) is 0 Å². The number of carboxylic acids is 1. The molecule has 0 atom stereocenters. The quantitative estimate of drug-likeness (QED) is 0.688. The largest absolute Gasteiger partial charge is 0.474 e. The highest BCUT2D eigenvalue weighted by Crippen LogP contribution is 2.11. The van der Waals surface area contributed by atoms with Crippen LogP contribution in [-0.2, 0) is 0 Å². The van der Waals surface area contributed by atoms with Gasteiger partial charge in [0.2, 0.25) is 5.89 Å². The number of hydrogen-bond donors (Lipinski definition) is 1. The van der Waals surface area contributed by atoms with Gasteiger partial charge in [-0.05, 0) is 0 Å². The lowest BCUT2D eigenvalue weighted by Gasteiger charge is -1.92. The Hall–Kier alpha value is -1.39. The Morgan fingerprint density at radius 2 is 2.18 bits per heavy atom. The summed E-state index contributed by atoms with van der Waals surface area (Å²) in [6.45, 7) is 3.69. The second-order valence-electron chi connectivity index (χ2n) is 2.41. The summed E-state index contributed by atoms with van der Waals surface area (Å²) in [5, 5.41) is 15.2. The summed E-state index contributed by atoms with van der Waals surface area (Å²) in [6, 6.07) is 0. The van der Waals surface area contributed by atoms with Crippen LogP contribution in [0.2, 0.25) is 0 Å². The van der Waals surface area contributed by atoms with E-state index in [1.807, 2.05) is 13.8 Å². The highest BCUT2D eigenvalue weighted by Gasteiger charge is 2.14. The smallest absolute Gasteiger partial charge is 0.393 e. The first-order chi connectivity index (χ1) is 5.11. The molecule has 1 aromatic rings. The standard InChI is InChI=1S/C6H8N2O3/c1-3(2)4-7-8-5(11-4)6(9)10/h3H,1-2H3,(H,9,10). The lowest BCUT2D eigenvalue weighted by atomic mass is 10.2. The van der Waals surface area contributed by atoms with Gasteiger partial charge in [-0.1, -0.05) is 13.8 Å². The molecule has 0 aliphatic heterocycles. The van der Waals surface area contributed by atoms with Crippen LogP contribution >= 0.6 is 0 Å². The van der Waals surface area contributed by atoms with E-state index in [1.165, 1.54) is 0 Å². The van der Waals surface area contributed by atoms with Crippen molar-refractivity contribution in [3.05, 3.63) is 11.8 Å². The van der Waals surface area contributed by atoms with Crippen LogP contribution in [0.5, 0.6) is 0 Å². The summed E-state index contributed by atoms with van der Waals surface area (Å²) in [6.07, 6.45) is 0. The van der Waals surface area contributed by atoms with E-state index in [-0.39, 0.29) is 11.8 Å². The Morgan fingerprint density at radius 1 is 1.55 bits per heavy atom. The van der Waals surface area contributed by atoms with Gasteiger partial charge in [-0.2, -0.15) is 0 Å². The maximum absolute atomic E-state index is 10.2. The van der Waals surface area contributed by atoms with E-state index in [9.17, 15) is 4.79 Å². The Balaban J connectivity index is 2.90. The molecule has 60 valence electrons. The van der Waals surface area contributed by atoms with Crippen molar-refractivity contribution < 1.29 is 14.3 Å². The van der Waals surface area contributed by atoms with Crippen molar-refractivity contribution in [3.8, 4) is 0 Å². The molecule has 1 N–H and O–H groups in total. The molecule has 0 fully saturated rings. The third-order valence-electron chi connectivity index (χ3n) is 1.12. The molecule has 0 saturated carbocycles. The Kier molecular flexibility index (Phi) is 1.89. The van der Waals surface area contributed by atoms with Crippen molar-refractivity contribution in [2.75, 3.05) is 0 Å². The molecule has 1 aromatic heterocycles. The summed E-state index contributed by atoms with van der Waals surface area (Å²) in [7, 11) is 0. The maximum atomic E-state index is 10.2. The first-order valence-corrected chi connectivity index (χ1v) is 3.18. The van der Waals surface area contributed by atoms with Crippen molar-refractivity contribution in [3.63, 3.8) is 0 Å². The van der Waals surface area contributed by atoms with Crippen LogP contribution in [0.1, 0.15) is 36.3 Å². The predicted molar refractivity (Wildman–Crippen MR) is 35.3 cm³/mol. The van der Waals surface area contributed by atoms with Gasteiger partial charge in [-0.3, -0.25) is 0 Å². The molecule has 1 heterocycles. The summed E-state index contributed by atoms with van der Waals surface area (Å²) in [5.41, 5.74) is 0. The monoisotopic (exact) mass is 156 g/mol. The van der Waals surface area contributed by atoms with Gasteiger partial charge in [0.25, 0.3) is 0 Å². The number of nitrogens with zero attached hydrogens (tertiary/aromatic N) is 2. The van der Waals surface area contributed by atoms with Crippen molar-refractivity contribution in [2.45, 2.75) is 19.8 Å². The second kappa shape index (κ2) is 2.69.